The molecule has 0 saturated carbocycles. The van der Waals surface area contributed by atoms with Gasteiger partial charge in [-0.2, -0.15) is 5.10 Å². The Labute approximate surface area is 168 Å². The van der Waals surface area contributed by atoms with Gasteiger partial charge in [-0.3, -0.25) is 4.79 Å². The third-order valence-corrected chi connectivity index (χ3v) is 5.88. The molecule has 0 aliphatic heterocycles. The van der Waals surface area contributed by atoms with Gasteiger partial charge in [-0.25, -0.2) is 17.8 Å². The van der Waals surface area contributed by atoms with Crippen LogP contribution < -0.4 is 15.0 Å². The van der Waals surface area contributed by atoms with Gasteiger partial charge in [0.2, 0.25) is 10.0 Å². The summed E-state index contributed by atoms with van der Waals surface area (Å²) in [6.45, 7) is 5.63. The summed E-state index contributed by atoms with van der Waals surface area (Å²) >= 11 is 0. The van der Waals surface area contributed by atoms with Crippen molar-refractivity contribution in [2.45, 2.75) is 32.2 Å². The fourth-order valence-corrected chi connectivity index (χ4v) is 4.21. The van der Waals surface area contributed by atoms with Crippen LogP contribution in [0.3, 0.4) is 0 Å². The maximum absolute atomic E-state index is 12.5. The van der Waals surface area contributed by atoms with Gasteiger partial charge in [0.1, 0.15) is 16.3 Å². The van der Waals surface area contributed by atoms with Crippen molar-refractivity contribution in [3.63, 3.8) is 0 Å². The Morgan fingerprint density at radius 1 is 1.14 bits per heavy atom. The van der Waals surface area contributed by atoms with E-state index in [1.165, 1.54) is 17.7 Å². The van der Waals surface area contributed by atoms with E-state index in [1.54, 1.807) is 13.0 Å². The summed E-state index contributed by atoms with van der Waals surface area (Å²) in [5, 5.41) is 7.99. The van der Waals surface area contributed by atoms with Gasteiger partial charge in [0.05, 0.1) is 18.8 Å². The van der Waals surface area contributed by atoms with Crippen LogP contribution in [0.5, 0.6) is 5.75 Å². The van der Waals surface area contributed by atoms with Crippen LogP contribution in [0.2, 0.25) is 0 Å². The maximum atomic E-state index is 12.5. The number of hydrogen-bond acceptors (Lipinski definition) is 7. The topological polar surface area (TPSA) is 116 Å². The van der Waals surface area contributed by atoms with Crippen molar-refractivity contribution in [2.24, 2.45) is 0 Å². The number of benzene rings is 1. The van der Waals surface area contributed by atoms with Crippen LogP contribution in [-0.2, 0) is 16.6 Å². The van der Waals surface area contributed by atoms with Crippen molar-refractivity contribution in [3.05, 3.63) is 58.2 Å². The van der Waals surface area contributed by atoms with Gasteiger partial charge in [-0.1, -0.05) is 5.16 Å². The zero-order valence-corrected chi connectivity index (χ0v) is 17.2. The lowest BCUT2D eigenvalue weighted by molar-refractivity contribution is 0.340. The molecule has 3 aromatic rings. The van der Waals surface area contributed by atoms with Crippen LogP contribution in [0.4, 0.5) is 0 Å². The Bertz CT molecular complexity index is 1130. The molecule has 154 valence electrons. The second kappa shape index (κ2) is 8.58. The average molecular weight is 418 g/mol. The first-order valence-electron chi connectivity index (χ1n) is 9.05. The number of nitrogens with zero attached hydrogens (tertiary/aromatic N) is 3. The van der Waals surface area contributed by atoms with Crippen LogP contribution in [0.1, 0.15) is 18.4 Å². The minimum Gasteiger partial charge on any atom is -0.494 e. The average Bonchev–Trinajstić information content (AvgIpc) is 3.03. The minimum absolute atomic E-state index is 0.00791. The lowest BCUT2D eigenvalue weighted by Gasteiger charge is -2.09. The minimum atomic E-state index is -3.80. The SMILES string of the molecule is CCOc1ccc(-c2ccc(=O)n(CCNS(=O)(=O)c3c(C)noc3C)n2)cc1. The second-order valence-electron chi connectivity index (χ2n) is 6.29. The molecular weight excluding hydrogens is 396 g/mol. The fourth-order valence-electron chi connectivity index (χ4n) is 2.87. The van der Waals surface area contributed by atoms with E-state index in [-0.39, 0.29) is 35.0 Å². The Morgan fingerprint density at radius 3 is 2.48 bits per heavy atom. The van der Waals surface area contributed by atoms with Crippen LogP contribution in [0, 0.1) is 13.8 Å². The predicted molar refractivity (Wildman–Crippen MR) is 106 cm³/mol. The molecule has 1 N–H and O–H groups in total. The zero-order chi connectivity index (χ0) is 21.0. The lowest BCUT2D eigenvalue weighted by Crippen LogP contribution is -2.32. The first-order valence-corrected chi connectivity index (χ1v) is 10.5. The van der Waals surface area contributed by atoms with Crippen LogP contribution >= 0.6 is 0 Å². The van der Waals surface area contributed by atoms with E-state index in [0.717, 1.165) is 11.3 Å². The highest BCUT2D eigenvalue weighted by Gasteiger charge is 2.23. The van der Waals surface area contributed by atoms with E-state index in [9.17, 15) is 13.2 Å². The van der Waals surface area contributed by atoms with Crippen molar-refractivity contribution >= 4 is 10.0 Å². The molecule has 2 aromatic heterocycles. The summed E-state index contributed by atoms with van der Waals surface area (Å²) in [6, 6.07) is 10.4. The Balaban J connectivity index is 1.73. The first kappa shape index (κ1) is 20.7. The number of ether oxygens (including phenoxy) is 1. The Hall–Kier alpha value is -2.98. The number of rotatable bonds is 8. The highest BCUT2D eigenvalue weighted by Crippen LogP contribution is 2.20. The van der Waals surface area contributed by atoms with Crippen molar-refractivity contribution in [3.8, 4) is 17.0 Å². The van der Waals surface area contributed by atoms with Gasteiger partial charge in [0.15, 0.2) is 5.76 Å². The van der Waals surface area contributed by atoms with Crippen LogP contribution in [0.15, 0.2) is 50.6 Å². The molecule has 1 aromatic carbocycles. The van der Waals surface area contributed by atoms with Gasteiger partial charge < -0.3 is 9.26 Å². The quantitative estimate of drug-likeness (QED) is 0.594. The monoisotopic (exact) mass is 418 g/mol. The lowest BCUT2D eigenvalue weighted by atomic mass is 10.1. The molecule has 0 bridgehead atoms. The fraction of sp³-hybridized carbons (Fsp3) is 0.316. The van der Waals surface area contributed by atoms with Crippen molar-refractivity contribution in [1.29, 1.82) is 0 Å². The molecule has 0 fully saturated rings. The smallest absolute Gasteiger partial charge is 0.266 e. The summed E-state index contributed by atoms with van der Waals surface area (Å²) in [4.78, 5) is 12.1. The largest absolute Gasteiger partial charge is 0.494 e. The van der Waals surface area contributed by atoms with Crippen molar-refractivity contribution in [1.82, 2.24) is 19.7 Å². The standard InChI is InChI=1S/C19H22N4O5S/c1-4-27-16-7-5-15(6-8-16)17-9-10-18(24)23(21-17)12-11-20-29(25,26)19-13(2)22-28-14(19)3/h5-10,20H,4,11-12H2,1-3H3. The van der Waals surface area contributed by atoms with Crippen LogP contribution in [0.25, 0.3) is 11.3 Å². The highest BCUT2D eigenvalue weighted by atomic mass is 32.2. The molecule has 29 heavy (non-hydrogen) atoms. The van der Waals surface area contributed by atoms with Gasteiger partial charge in [0, 0.05) is 18.2 Å². The summed E-state index contributed by atoms with van der Waals surface area (Å²) in [5.74, 6) is 0.959. The number of aromatic nitrogens is 3. The molecule has 0 aliphatic rings. The van der Waals surface area contributed by atoms with E-state index in [0.29, 0.717) is 12.3 Å². The molecule has 0 aliphatic carbocycles. The van der Waals surface area contributed by atoms with E-state index < -0.39 is 10.0 Å². The molecule has 0 saturated heterocycles. The molecule has 10 heteroatoms. The molecule has 0 spiro atoms. The number of sulfonamides is 1. The number of hydrogen-bond donors (Lipinski definition) is 1. The molecule has 0 amide bonds. The number of aryl methyl sites for hydroxylation is 2. The van der Waals surface area contributed by atoms with E-state index >= 15 is 0 Å². The summed E-state index contributed by atoms with van der Waals surface area (Å²) in [7, 11) is -3.80. The highest BCUT2D eigenvalue weighted by molar-refractivity contribution is 7.89. The second-order valence-corrected chi connectivity index (χ2v) is 7.99. The molecular formula is C19H22N4O5S. The van der Waals surface area contributed by atoms with Gasteiger partial charge in [-0.15, -0.1) is 0 Å². The molecule has 0 unspecified atom stereocenters. The third-order valence-electron chi connectivity index (χ3n) is 4.18. The molecule has 3 rings (SSSR count). The summed E-state index contributed by atoms with van der Waals surface area (Å²) in [5.41, 5.74) is 1.37. The summed E-state index contributed by atoms with van der Waals surface area (Å²) < 4.78 is 38.9. The molecule has 9 nitrogen and oxygen atoms in total. The Morgan fingerprint density at radius 2 is 1.86 bits per heavy atom. The summed E-state index contributed by atoms with van der Waals surface area (Å²) in [6.07, 6.45) is 0. The van der Waals surface area contributed by atoms with E-state index in [1.807, 2.05) is 31.2 Å². The van der Waals surface area contributed by atoms with Crippen LogP contribution in [-0.4, -0.2) is 36.5 Å². The first-order chi connectivity index (χ1) is 13.8. The predicted octanol–water partition coefficient (Wildman–Crippen LogP) is 1.89. The van der Waals surface area contributed by atoms with Crippen molar-refractivity contribution < 1.29 is 17.7 Å². The van der Waals surface area contributed by atoms with E-state index in [4.69, 9.17) is 9.26 Å². The van der Waals surface area contributed by atoms with Gasteiger partial charge in [0.25, 0.3) is 5.56 Å². The third kappa shape index (κ3) is 4.72. The number of nitrogens with one attached hydrogen (secondary N) is 1. The molecule has 0 atom stereocenters. The van der Waals surface area contributed by atoms with Gasteiger partial charge >= 0.3 is 0 Å². The van der Waals surface area contributed by atoms with Crippen molar-refractivity contribution in [2.75, 3.05) is 13.2 Å². The van der Waals surface area contributed by atoms with E-state index in [2.05, 4.69) is 15.0 Å². The normalized spacial score (nSPS) is 11.6. The zero-order valence-electron chi connectivity index (χ0n) is 16.4. The maximum Gasteiger partial charge on any atom is 0.266 e. The Kier molecular flexibility index (Phi) is 6.14. The molecule has 2 heterocycles. The molecule has 0 radical (unpaired) electrons. The van der Waals surface area contributed by atoms with Gasteiger partial charge in [-0.05, 0) is 51.1 Å².